The largest absolute Gasteiger partial charge is 0.486 e. The van der Waals surface area contributed by atoms with Crippen molar-refractivity contribution in [1.29, 1.82) is 0 Å². The second-order valence-electron chi connectivity index (χ2n) is 6.68. The summed E-state index contributed by atoms with van der Waals surface area (Å²) in [6.07, 6.45) is 4.32. The van der Waals surface area contributed by atoms with Gasteiger partial charge in [-0.15, -0.1) is 0 Å². The van der Waals surface area contributed by atoms with Gasteiger partial charge in [0.05, 0.1) is 0 Å². The lowest BCUT2D eigenvalue weighted by Gasteiger charge is -2.24. The molecule has 0 N–H and O–H groups in total. The van der Waals surface area contributed by atoms with Crippen LogP contribution in [0.3, 0.4) is 0 Å². The molecule has 0 spiro atoms. The molecule has 0 saturated heterocycles. The van der Waals surface area contributed by atoms with E-state index >= 15 is 0 Å². The summed E-state index contributed by atoms with van der Waals surface area (Å²) >= 11 is 0. The summed E-state index contributed by atoms with van der Waals surface area (Å²) in [6, 6.07) is 19.4. The van der Waals surface area contributed by atoms with Gasteiger partial charge in [0.1, 0.15) is 13.2 Å². The molecule has 1 aliphatic heterocycles. The number of rotatable bonds is 6. The van der Waals surface area contributed by atoms with E-state index in [1.165, 1.54) is 5.56 Å². The molecular formula is C23H22N2O3. The van der Waals surface area contributed by atoms with E-state index in [0.717, 1.165) is 12.0 Å². The van der Waals surface area contributed by atoms with Gasteiger partial charge in [-0.05, 0) is 41.8 Å². The summed E-state index contributed by atoms with van der Waals surface area (Å²) in [5.74, 6) is 1.28. The Kier molecular flexibility index (Phi) is 5.52. The van der Waals surface area contributed by atoms with E-state index in [4.69, 9.17) is 9.47 Å². The number of pyridine rings is 1. The number of aromatic nitrogens is 1. The SMILES string of the molecule is O=C(c1ccc2c(c1)OCCO2)N(CCc1ccccc1)Cc1cccnc1. The Balaban J connectivity index is 1.55. The molecule has 142 valence electrons. The highest BCUT2D eigenvalue weighted by atomic mass is 16.6. The molecule has 0 unspecified atom stereocenters. The number of carbonyl (C=O) groups excluding carboxylic acids is 1. The number of amides is 1. The Morgan fingerprint density at radius 1 is 0.929 bits per heavy atom. The molecule has 0 radical (unpaired) electrons. The van der Waals surface area contributed by atoms with Crippen LogP contribution in [0.25, 0.3) is 0 Å². The number of fused-ring (bicyclic) bond motifs is 1. The third-order valence-corrected chi connectivity index (χ3v) is 4.69. The van der Waals surface area contributed by atoms with Crippen molar-refractivity contribution < 1.29 is 14.3 Å². The minimum atomic E-state index is -0.0308. The number of carbonyl (C=O) groups is 1. The van der Waals surface area contributed by atoms with Crippen LogP contribution < -0.4 is 9.47 Å². The molecule has 0 aliphatic carbocycles. The molecule has 1 aromatic heterocycles. The molecule has 5 nitrogen and oxygen atoms in total. The van der Waals surface area contributed by atoms with E-state index in [0.29, 0.717) is 43.4 Å². The van der Waals surface area contributed by atoms with Crippen LogP contribution in [-0.4, -0.2) is 35.5 Å². The number of ether oxygens (including phenoxy) is 2. The monoisotopic (exact) mass is 374 g/mol. The summed E-state index contributed by atoms with van der Waals surface area (Å²) in [5.41, 5.74) is 2.80. The van der Waals surface area contributed by atoms with Gasteiger partial charge in [-0.3, -0.25) is 9.78 Å². The van der Waals surface area contributed by atoms with Crippen molar-refractivity contribution in [3.05, 3.63) is 89.7 Å². The fourth-order valence-corrected chi connectivity index (χ4v) is 3.23. The van der Waals surface area contributed by atoms with Crippen molar-refractivity contribution in [3.63, 3.8) is 0 Å². The Morgan fingerprint density at radius 2 is 1.71 bits per heavy atom. The van der Waals surface area contributed by atoms with Crippen molar-refractivity contribution in [2.45, 2.75) is 13.0 Å². The van der Waals surface area contributed by atoms with Gasteiger partial charge in [0, 0.05) is 31.0 Å². The van der Waals surface area contributed by atoms with E-state index in [1.807, 2.05) is 35.2 Å². The maximum absolute atomic E-state index is 13.3. The first-order valence-corrected chi connectivity index (χ1v) is 9.41. The minimum Gasteiger partial charge on any atom is -0.486 e. The number of hydrogen-bond acceptors (Lipinski definition) is 4. The lowest BCUT2D eigenvalue weighted by atomic mass is 10.1. The van der Waals surface area contributed by atoms with Gasteiger partial charge in [0.25, 0.3) is 5.91 Å². The molecule has 4 rings (SSSR count). The van der Waals surface area contributed by atoms with Crippen LogP contribution in [0.15, 0.2) is 73.1 Å². The molecule has 2 aromatic carbocycles. The molecule has 2 heterocycles. The third-order valence-electron chi connectivity index (χ3n) is 4.69. The lowest BCUT2D eigenvalue weighted by Crippen LogP contribution is -2.32. The summed E-state index contributed by atoms with van der Waals surface area (Å²) in [4.78, 5) is 19.3. The van der Waals surface area contributed by atoms with E-state index in [-0.39, 0.29) is 5.91 Å². The Hall–Kier alpha value is -3.34. The van der Waals surface area contributed by atoms with Gasteiger partial charge < -0.3 is 14.4 Å². The van der Waals surface area contributed by atoms with Crippen molar-refractivity contribution >= 4 is 5.91 Å². The first-order chi connectivity index (χ1) is 13.8. The number of hydrogen-bond donors (Lipinski definition) is 0. The predicted molar refractivity (Wildman–Crippen MR) is 107 cm³/mol. The standard InChI is InChI=1S/C23H22N2O3/c26-23(20-8-9-21-22(15-20)28-14-13-27-21)25(17-19-7-4-11-24-16-19)12-10-18-5-2-1-3-6-18/h1-9,11,15-16H,10,12-14,17H2. The lowest BCUT2D eigenvalue weighted by molar-refractivity contribution is 0.0744. The van der Waals surface area contributed by atoms with E-state index in [1.54, 1.807) is 30.6 Å². The highest BCUT2D eigenvalue weighted by Gasteiger charge is 2.20. The van der Waals surface area contributed by atoms with Crippen LogP contribution in [0.1, 0.15) is 21.5 Å². The average molecular weight is 374 g/mol. The first kappa shape index (κ1) is 18.0. The Morgan fingerprint density at radius 3 is 2.50 bits per heavy atom. The topological polar surface area (TPSA) is 51.7 Å². The van der Waals surface area contributed by atoms with Gasteiger partial charge in [-0.1, -0.05) is 36.4 Å². The molecule has 5 heteroatoms. The Bertz CT molecular complexity index is 929. The van der Waals surface area contributed by atoms with E-state index in [9.17, 15) is 4.79 Å². The fourth-order valence-electron chi connectivity index (χ4n) is 3.23. The molecule has 0 atom stereocenters. The van der Waals surface area contributed by atoms with Crippen LogP contribution in [-0.2, 0) is 13.0 Å². The van der Waals surface area contributed by atoms with Crippen molar-refractivity contribution in [2.75, 3.05) is 19.8 Å². The zero-order chi connectivity index (χ0) is 19.2. The van der Waals surface area contributed by atoms with Gasteiger partial charge in [-0.25, -0.2) is 0 Å². The number of nitrogens with zero attached hydrogens (tertiary/aromatic N) is 2. The van der Waals surface area contributed by atoms with Crippen LogP contribution in [0.4, 0.5) is 0 Å². The second kappa shape index (κ2) is 8.57. The summed E-state index contributed by atoms with van der Waals surface area (Å²) < 4.78 is 11.2. The van der Waals surface area contributed by atoms with Crippen molar-refractivity contribution in [2.24, 2.45) is 0 Å². The maximum atomic E-state index is 13.3. The zero-order valence-electron chi connectivity index (χ0n) is 15.6. The third kappa shape index (κ3) is 4.31. The summed E-state index contributed by atoms with van der Waals surface area (Å²) in [5, 5.41) is 0. The number of benzene rings is 2. The average Bonchev–Trinajstić information content (AvgIpc) is 2.77. The molecule has 3 aromatic rings. The highest BCUT2D eigenvalue weighted by molar-refractivity contribution is 5.95. The normalized spacial score (nSPS) is 12.4. The van der Waals surface area contributed by atoms with Gasteiger partial charge in [0.2, 0.25) is 0 Å². The van der Waals surface area contributed by atoms with Crippen LogP contribution >= 0.6 is 0 Å². The minimum absolute atomic E-state index is 0.0308. The van der Waals surface area contributed by atoms with Crippen LogP contribution in [0.2, 0.25) is 0 Å². The maximum Gasteiger partial charge on any atom is 0.254 e. The summed E-state index contributed by atoms with van der Waals surface area (Å²) in [6.45, 7) is 2.16. The zero-order valence-corrected chi connectivity index (χ0v) is 15.6. The summed E-state index contributed by atoms with van der Waals surface area (Å²) in [7, 11) is 0. The van der Waals surface area contributed by atoms with E-state index in [2.05, 4.69) is 17.1 Å². The van der Waals surface area contributed by atoms with Crippen molar-refractivity contribution in [1.82, 2.24) is 9.88 Å². The van der Waals surface area contributed by atoms with E-state index < -0.39 is 0 Å². The molecule has 1 aliphatic rings. The molecule has 0 bridgehead atoms. The molecule has 0 saturated carbocycles. The van der Waals surface area contributed by atoms with Crippen molar-refractivity contribution in [3.8, 4) is 11.5 Å². The molecular weight excluding hydrogens is 352 g/mol. The predicted octanol–water partition coefficient (Wildman–Crippen LogP) is 3.74. The van der Waals surface area contributed by atoms with Crippen LogP contribution in [0.5, 0.6) is 11.5 Å². The molecule has 28 heavy (non-hydrogen) atoms. The fraction of sp³-hybridized carbons (Fsp3) is 0.217. The second-order valence-corrected chi connectivity index (χ2v) is 6.68. The van der Waals surface area contributed by atoms with Gasteiger partial charge >= 0.3 is 0 Å². The van der Waals surface area contributed by atoms with Gasteiger partial charge in [0.15, 0.2) is 11.5 Å². The van der Waals surface area contributed by atoms with Gasteiger partial charge in [-0.2, -0.15) is 0 Å². The quantitative estimate of drug-likeness (QED) is 0.660. The molecule has 1 amide bonds. The smallest absolute Gasteiger partial charge is 0.254 e. The van der Waals surface area contributed by atoms with Crippen LogP contribution in [0, 0.1) is 0 Å². The Labute approximate surface area is 164 Å². The first-order valence-electron chi connectivity index (χ1n) is 9.41. The molecule has 0 fully saturated rings. The highest BCUT2D eigenvalue weighted by Crippen LogP contribution is 2.31.